The van der Waals surface area contributed by atoms with Crippen molar-refractivity contribution in [1.82, 2.24) is 24.3 Å². The number of hydrogen-bond donors (Lipinski definition) is 1. The number of aromatic nitrogens is 5. The number of benzene rings is 2. The van der Waals surface area contributed by atoms with E-state index >= 15 is 0 Å². The van der Waals surface area contributed by atoms with E-state index in [9.17, 15) is 9.18 Å². The van der Waals surface area contributed by atoms with Crippen LogP contribution in [0.5, 0.6) is 0 Å². The predicted molar refractivity (Wildman–Crippen MR) is 115 cm³/mol. The number of rotatable bonds is 6. The number of fused-ring (bicyclic) bond motifs is 3. The molecule has 2 aromatic carbocycles. The molecule has 1 N–H and O–H groups in total. The normalized spacial score (nSPS) is 11.4. The predicted octanol–water partition coefficient (Wildman–Crippen LogP) is 3.90. The van der Waals surface area contributed by atoms with Gasteiger partial charge in [0.15, 0.2) is 11.0 Å². The van der Waals surface area contributed by atoms with Gasteiger partial charge in [-0.3, -0.25) is 9.20 Å². The van der Waals surface area contributed by atoms with Crippen LogP contribution in [-0.4, -0.2) is 36.0 Å². The van der Waals surface area contributed by atoms with Gasteiger partial charge in [-0.2, -0.15) is 0 Å². The monoisotopic (exact) mass is 436 g/mol. The molecule has 0 aliphatic heterocycles. The van der Waals surface area contributed by atoms with Crippen LogP contribution in [0.1, 0.15) is 11.3 Å². The molecule has 0 saturated heterocycles. The van der Waals surface area contributed by atoms with Crippen molar-refractivity contribution in [3.63, 3.8) is 0 Å². The highest BCUT2D eigenvalue weighted by molar-refractivity contribution is 7.99. The third-order valence-corrected chi connectivity index (χ3v) is 5.68. The van der Waals surface area contributed by atoms with Gasteiger partial charge in [0.25, 0.3) is 0 Å². The van der Waals surface area contributed by atoms with Gasteiger partial charge in [0.1, 0.15) is 11.6 Å². The Kier molecular flexibility index (Phi) is 4.91. The lowest BCUT2D eigenvalue weighted by Gasteiger charge is -2.05. The SMILES string of the molecule is Cc1cc(NC(=O)CSc2nnc3n(Cc4ccc(F)cc4)c4ccccc4n23)no1. The topological polar surface area (TPSA) is 90.2 Å². The van der Waals surface area contributed by atoms with Gasteiger partial charge in [-0.15, -0.1) is 10.2 Å². The van der Waals surface area contributed by atoms with Crippen LogP contribution in [0, 0.1) is 12.7 Å². The molecule has 0 spiro atoms. The number of carbonyl (C=O) groups is 1. The maximum atomic E-state index is 13.3. The number of carbonyl (C=O) groups excluding carboxylic acids is 1. The highest BCUT2D eigenvalue weighted by Crippen LogP contribution is 2.26. The van der Waals surface area contributed by atoms with E-state index in [4.69, 9.17) is 4.52 Å². The molecule has 8 nitrogen and oxygen atoms in total. The summed E-state index contributed by atoms with van der Waals surface area (Å²) in [5, 5.41) is 15.7. The van der Waals surface area contributed by atoms with Crippen LogP contribution in [0.4, 0.5) is 10.2 Å². The molecule has 0 atom stereocenters. The molecule has 3 aromatic heterocycles. The summed E-state index contributed by atoms with van der Waals surface area (Å²) in [7, 11) is 0. The lowest BCUT2D eigenvalue weighted by molar-refractivity contribution is -0.113. The Morgan fingerprint density at radius 1 is 1.13 bits per heavy atom. The van der Waals surface area contributed by atoms with E-state index < -0.39 is 0 Å². The summed E-state index contributed by atoms with van der Waals surface area (Å²) < 4.78 is 22.2. The number of imidazole rings is 1. The smallest absolute Gasteiger partial charge is 0.237 e. The lowest BCUT2D eigenvalue weighted by atomic mass is 10.2. The molecule has 3 heterocycles. The second-order valence-electron chi connectivity index (χ2n) is 6.98. The maximum Gasteiger partial charge on any atom is 0.237 e. The molecule has 10 heteroatoms. The fourth-order valence-corrected chi connectivity index (χ4v) is 4.13. The molecule has 0 aliphatic carbocycles. The molecule has 0 unspecified atom stereocenters. The van der Waals surface area contributed by atoms with Crippen LogP contribution in [-0.2, 0) is 11.3 Å². The summed E-state index contributed by atoms with van der Waals surface area (Å²) in [4.78, 5) is 12.3. The molecule has 0 aliphatic rings. The number of nitrogens with one attached hydrogen (secondary N) is 1. The van der Waals surface area contributed by atoms with Gasteiger partial charge in [0.05, 0.1) is 23.3 Å². The van der Waals surface area contributed by atoms with E-state index in [0.717, 1.165) is 16.6 Å². The Balaban J connectivity index is 1.44. The Morgan fingerprint density at radius 3 is 2.65 bits per heavy atom. The Labute approximate surface area is 180 Å². The van der Waals surface area contributed by atoms with Crippen LogP contribution >= 0.6 is 11.8 Å². The largest absolute Gasteiger partial charge is 0.360 e. The summed E-state index contributed by atoms with van der Waals surface area (Å²) in [5.41, 5.74) is 2.85. The molecule has 0 bridgehead atoms. The van der Waals surface area contributed by atoms with E-state index in [2.05, 4.69) is 20.7 Å². The third kappa shape index (κ3) is 3.77. The molecular weight excluding hydrogens is 419 g/mol. The zero-order valence-corrected chi connectivity index (χ0v) is 17.3. The molecule has 1 amide bonds. The molecular formula is C21H17FN6O2S. The van der Waals surface area contributed by atoms with Crippen molar-refractivity contribution < 1.29 is 13.7 Å². The van der Waals surface area contributed by atoms with Gasteiger partial charge in [0.2, 0.25) is 11.7 Å². The first-order valence-electron chi connectivity index (χ1n) is 9.51. The minimum atomic E-state index is -0.272. The third-order valence-electron chi connectivity index (χ3n) is 4.75. The summed E-state index contributed by atoms with van der Waals surface area (Å²) in [6.07, 6.45) is 0. The molecule has 0 fully saturated rings. The highest BCUT2D eigenvalue weighted by atomic mass is 32.2. The van der Waals surface area contributed by atoms with Crippen LogP contribution in [0.15, 0.2) is 64.3 Å². The van der Waals surface area contributed by atoms with Crippen molar-refractivity contribution in [1.29, 1.82) is 0 Å². The quantitative estimate of drug-likeness (QED) is 0.406. The summed E-state index contributed by atoms with van der Waals surface area (Å²) in [5.74, 6) is 1.31. The molecule has 0 saturated carbocycles. The van der Waals surface area contributed by atoms with Gasteiger partial charge < -0.3 is 14.4 Å². The van der Waals surface area contributed by atoms with Gasteiger partial charge in [-0.1, -0.05) is 41.2 Å². The first kappa shape index (κ1) is 19.3. The summed E-state index contributed by atoms with van der Waals surface area (Å²) in [6, 6.07) is 15.9. The first-order chi connectivity index (χ1) is 15.1. The molecule has 0 radical (unpaired) electrons. The number of para-hydroxylation sites is 2. The van der Waals surface area contributed by atoms with E-state index in [1.54, 1.807) is 25.1 Å². The second-order valence-corrected chi connectivity index (χ2v) is 7.92. The number of thioether (sulfide) groups is 1. The minimum absolute atomic E-state index is 0.143. The van der Waals surface area contributed by atoms with Crippen LogP contribution in [0.25, 0.3) is 16.8 Å². The van der Waals surface area contributed by atoms with E-state index in [1.165, 1.54) is 23.9 Å². The van der Waals surface area contributed by atoms with E-state index in [-0.39, 0.29) is 17.5 Å². The number of halogens is 1. The molecule has 5 rings (SSSR count). The van der Waals surface area contributed by atoms with Crippen LogP contribution in [0.3, 0.4) is 0 Å². The van der Waals surface area contributed by atoms with Gasteiger partial charge in [-0.05, 0) is 36.8 Å². The fraction of sp³-hybridized carbons (Fsp3) is 0.143. The minimum Gasteiger partial charge on any atom is -0.360 e. The second kappa shape index (κ2) is 7.88. The summed E-state index contributed by atoms with van der Waals surface area (Å²) in [6.45, 7) is 2.28. The highest BCUT2D eigenvalue weighted by Gasteiger charge is 2.18. The Morgan fingerprint density at radius 2 is 1.90 bits per heavy atom. The van der Waals surface area contributed by atoms with Gasteiger partial charge in [0, 0.05) is 6.07 Å². The van der Waals surface area contributed by atoms with Crippen molar-refractivity contribution >= 4 is 40.3 Å². The number of amides is 1. The van der Waals surface area contributed by atoms with Crippen LogP contribution in [0.2, 0.25) is 0 Å². The van der Waals surface area contributed by atoms with Gasteiger partial charge >= 0.3 is 0 Å². The van der Waals surface area contributed by atoms with Crippen LogP contribution < -0.4 is 5.32 Å². The van der Waals surface area contributed by atoms with Crippen molar-refractivity contribution in [2.45, 2.75) is 18.6 Å². The number of anilines is 1. The van der Waals surface area contributed by atoms with Crippen molar-refractivity contribution in [3.8, 4) is 0 Å². The summed E-state index contributed by atoms with van der Waals surface area (Å²) >= 11 is 1.28. The Hall–Kier alpha value is -3.66. The number of hydrogen-bond acceptors (Lipinski definition) is 6. The van der Waals surface area contributed by atoms with E-state index in [1.807, 2.05) is 33.2 Å². The number of aryl methyl sites for hydroxylation is 1. The fourth-order valence-electron chi connectivity index (χ4n) is 3.39. The van der Waals surface area contributed by atoms with Gasteiger partial charge in [-0.25, -0.2) is 4.39 Å². The average Bonchev–Trinajstić information content (AvgIpc) is 3.44. The first-order valence-corrected chi connectivity index (χ1v) is 10.5. The zero-order chi connectivity index (χ0) is 21.4. The lowest BCUT2D eigenvalue weighted by Crippen LogP contribution is -2.14. The van der Waals surface area contributed by atoms with Crippen molar-refractivity contribution in [3.05, 3.63) is 71.7 Å². The van der Waals surface area contributed by atoms with E-state index in [0.29, 0.717) is 29.1 Å². The Bertz CT molecular complexity index is 1390. The number of nitrogens with zero attached hydrogens (tertiary/aromatic N) is 5. The van der Waals surface area contributed by atoms with Crippen molar-refractivity contribution in [2.24, 2.45) is 0 Å². The average molecular weight is 436 g/mol. The molecule has 31 heavy (non-hydrogen) atoms. The zero-order valence-electron chi connectivity index (χ0n) is 16.4. The molecule has 156 valence electrons. The standard InChI is InChI=1S/C21H17FN6O2S/c1-13-10-18(26-30-13)23-19(29)12-31-21-25-24-20-27(11-14-6-8-15(22)9-7-14)16-4-2-3-5-17(16)28(20)21/h2-10H,11-12H2,1H3,(H,23,26,29). The maximum absolute atomic E-state index is 13.3. The van der Waals surface area contributed by atoms with Crippen molar-refractivity contribution in [2.75, 3.05) is 11.1 Å². The molecule has 5 aromatic rings.